The Kier molecular flexibility index (Phi) is 9.91. The molecular formula is C43H46BN3. The summed E-state index contributed by atoms with van der Waals surface area (Å²) in [5, 5.41) is 0. The van der Waals surface area contributed by atoms with E-state index in [1.54, 1.807) is 0 Å². The Hall–Kier alpha value is -4.83. The molecule has 0 bridgehead atoms. The Balaban J connectivity index is 1.99. The molecule has 3 nitrogen and oxygen atoms in total. The molecule has 0 saturated carbocycles. The van der Waals surface area contributed by atoms with E-state index in [2.05, 4.69) is 133 Å². The first-order valence-electron chi connectivity index (χ1n) is 16.4. The summed E-state index contributed by atoms with van der Waals surface area (Å²) >= 11 is 0. The number of allylic oxidation sites excluding steroid dienone is 3. The summed E-state index contributed by atoms with van der Waals surface area (Å²) in [6.07, 6.45) is 13.8. The number of benzene rings is 3. The quantitative estimate of drug-likeness (QED) is 0.0995. The summed E-state index contributed by atoms with van der Waals surface area (Å²) in [5.74, 6) is 0. The summed E-state index contributed by atoms with van der Waals surface area (Å²) in [7, 11) is 0. The van der Waals surface area contributed by atoms with Gasteiger partial charge in [-0.1, -0.05) is 75.6 Å². The van der Waals surface area contributed by atoms with Gasteiger partial charge >= 0.3 is 0 Å². The molecule has 0 fully saturated rings. The van der Waals surface area contributed by atoms with E-state index in [4.69, 9.17) is 0 Å². The molecule has 5 aromatic rings. The third-order valence-electron chi connectivity index (χ3n) is 9.73. The fraction of sp³-hybridized carbons (Fsp3) is 0.233. The number of rotatable bonds is 8. The largest absolute Gasteiger partial charge is 0.272 e. The lowest BCUT2D eigenvalue weighted by Gasteiger charge is -2.31. The molecule has 0 aliphatic carbocycles. The van der Waals surface area contributed by atoms with Crippen molar-refractivity contribution in [2.45, 2.75) is 69.2 Å². The van der Waals surface area contributed by atoms with E-state index in [9.17, 15) is 0 Å². The minimum Gasteiger partial charge on any atom is -0.272 e. The zero-order valence-corrected chi connectivity index (χ0v) is 29.7. The topological polar surface area (TPSA) is 38.1 Å². The SMILES string of the molecule is C=N/C=C(\C=C/C)c1c(C)cc(C)c(B(c2c(C)cc(C)c(-c3cccnc3)c2C)c2c(C)cc(C)c(-c3cccnc3)c2C)c1C. The zero-order chi connectivity index (χ0) is 34.0. The van der Waals surface area contributed by atoms with Gasteiger partial charge in [0.2, 0.25) is 6.71 Å². The normalized spacial score (nSPS) is 11.7. The first-order valence-corrected chi connectivity index (χ1v) is 16.4. The van der Waals surface area contributed by atoms with E-state index in [1.807, 2.05) is 43.1 Å². The first kappa shape index (κ1) is 33.5. The molecule has 2 heterocycles. The minimum absolute atomic E-state index is 0.0232. The smallest absolute Gasteiger partial charge is 0.243 e. The molecule has 2 aromatic heterocycles. The lowest BCUT2D eigenvalue weighted by atomic mass is 9.32. The average molecular weight is 616 g/mol. The number of nitrogens with zero attached hydrogens (tertiary/aromatic N) is 3. The van der Waals surface area contributed by atoms with Crippen molar-refractivity contribution in [3.63, 3.8) is 0 Å². The van der Waals surface area contributed by atoms with Crippen LogP contribution in [0.25, 0.3) is 27.8 Å². The second-order valence-corrected chi connectivity index (χ2v) is 13.0. The average Bonchev–Trinajstić information content (AvgIpc) is 3.01. The van der Waals surface area contributed by atoms with Gasteiger partial charge in [-0.3, -0.25) is 15.0 Å². The molecule has 0 saturated heterocycles. The number of hydrogen-bond donors (Lipinski definition) is 0. The molecule has 0 unspecified atom stereocenters. The van der Waals surface area contributed by atoms with Gasteiger partial charge in [-0.2, -0.15) is 0 Å². The highest BCUT2D eigenvalue weighted by atomic mass is 14.6. The predicted molar refractivity (Wildman–Crippen MR) is 205 cm³/mol. The Morgan fingerprint density at radius 1 is 0.638 bits per heavy atom. The van der Waals surface area contributed by atoms with Gasteiger partial charge in [0.25, 0.3) is 0 Å². The standard InChI is InChI=1S/C43H46BN3/c1-12-15-35(23-45-11)38-26(2)20-29(5)41(32(38)8)44(42-30(6)21-27(3)39(33(42)9)36-16-13-18-46-24-36)43-31(7)22-28(4)40(34(43)10)37-17-14-19-47-25-37/h12-25H,11H2,1-10H3/b15-12-,35-23+. The van der Waals surface area contributed by atoms with Gasteiger partial charge in [0.05, 0.1) is 0 Å². The molecule has 0 atom stereocenters. The summed E-state index contributed by atoms with van der Waals surface area (Å²) in [6, 6.07) is 15.5. The van der Waals surface area contributed by atoms with Crippen molar-refractivity contribution in [1.29, 1.82) is 0 Å². The lowest BCUT2D eigenvalue weighted by Crippen LogP contribution is -2.58. The molecular weight excluding hydrogens is 569 g/mol. The summed E-state index contributed by atoms with van der Waals surface area (Å²) in [6.45, 7) is 26.2. The molecule has 0 radical (unpaired) electrons. The predicted octanol–water partition coefficient (Wildman–Crippen LogP) is 8.72. The van der Waals surface area contributed by atoms with Crippen LogP contribution in [0.4, 0.5) is 0 Å². The molecule has 47 heavy (non-hydrogen) atoms. The van der Waals surface area contributed by atoms with E-state index >= 15 is 0 Å². The maximum atomic E-state index is 4.51. The van der Waals surface area contributed by atoms with Crippen molar-refractivity contribution in [3.8, 4) is 22.3 Å². The summed E-state index contributed by atoms with van der Waals surface area (Å²) < 4.78 is 0. The highest BCUT2D eigenvalue weighted by Gasteiger charge is 2.34. The van der Waals surface area contributed by atoms with Gasteiger partial charge < -0.3 is 0 Å². The Morgan fingerprint density at radius 2 is 1.09 bits per heavy atom. The van der Waals surface area contributed by atoms with Gasteiger partial charge in [-0.15, -0.1) is 0 Å². The third kappa shape index (κ3) is 6.17. The Bertz CT molecular complexity index is 1940. The Morgan fingerprint density at radius 3 is 1.49 bits per heavy atom. The van der Waals surface area contributed by atoms with Crippen LogP contribution in [-0.4, -0.2) is 23.4 Å². The van der Waals surface area contributed by atoms with E-state index in [0.717, 1.165) is 16.7 Å². The molecule has 0 aliphatic rings. The monoisotopic (exact) mass is 615 g/mol. The van der Waals surface area contributed by atoms with Crippen LogP contribution >= 0.6 is 0 Å². The van der Waals surface area contributed by atoms with Crippen molar-refractivity contribution in [2.24, 2.45) is 4.99 Å². The lowest BCUT2D eigenvalue weighted by molar-refractivity contribution is 1.29. The summed E-state index contributed by atoms with van der Waals surface area (Å²) in [4.78, 5) is 13.2. The minimum atomic E-state index is -0.0232. The number of pyridine rings is 2. The van der Waals surface area contributed by atoms with Crippen LogP contribution in [0.5, 0.6) is 0 Å². The van der Waals surface area contributed by atoms with Crippen molar-refractivity contribution in [1.82, 2.24) is 9.97 Å². The van der Waals surface area contributed by atoms with E-state index in [0.29, 0.717) is 0 Å². The molecule has 0 aliphatic heterocycles. The highest BCUT2D eigenvalue weighted by molar-refractivity contribution is 6.97. The fourth-order valence-electron chi connectivity index (χ4n) is 8.19. The van der Waals surface area contributed by atoms with E-state index in [-0.39, 0.29) is 6.71 Å². The maximum Gasteiger partial charge on any atom is 0.243 e. The van der Waals surface area contributed by atoms with Gasteiger partial charge in [0, 0.05) is 47.7 Å². The van der Waals surface area contributed by atoms with Crippen LogP contribution in [0, 0.1) is 62.3 Å². The van der Waals surface area contributed by atoms with Crippen LogP contribution in [0.15, 0.2) is 90.6 Å². The number of aliphatic imine (C=N–C) groups is 1. The highest BCUT2D eigenvalue weighted by Crippen LogP contribution is 2.32. The van der Waals surface area contributed by atoms with E-state index in [1.165, 1.54) is 83.1 Å². The second kappa shape index (κ2) is 13.9. The molecule has 0 amide bonds. The number of aromatic nitrogens is 2. The molecule has 5 rings (SSSR count). The fourth-order valence-corrected chi connectivity index (χ4v) is 8.19. The van der Waals surface area contributed by atoms with Crippen LogP contribution in [0.1, 0.15) is 62.6 Å². The number of aryl methyl sites for hydroxylation is 6. The Labute approximate surface area is 282 Å². The second-order valence-electron chi connectivity index (χ2n) is 13.0. The van der Waals surface area contributed by atoms with Gasteiger partial charge in [0.1, 0.15) is 0 Å². The first-order chi connectivity index (χ1) is 22.5. The van der Waals surface area contributed by atoms with Gasteiger partial charge in [0.15, 0.2) is 0 Å². The van der Waals surface area contributed by atoms with Crippen LogP contribution in [0.2, 0.25) is 0 Å². The van der Waals surface area contributed by atoms with Crippen LogP contribution < -0.4 is 16.4 Å². The van der Waals surface area contributed by atoms with Crippen LogP contribution in [0.3, 0.4) is 0 Å². The molecule has 0 spiro atoms. The van der Waals surface area contributed by atoms with Crippen molar-refractivity contribution < 1.29 is 0 Å². The molecule has 0 N–H and O–H groups in total. The molecule has 3 aromatic carbocycles. The maximum absolute atomic E-state index is 4.51. The van der Waals surface area contributed by atoms with Crippen molar-refractivity contribution in [3.05, 3.63) is 141 Å². The summed E-state index contributed by atoms with van der Waals surface area (Å²) in [5.41, 5.74) is 22.6. The van der Waals surface area contributed by atoms with Crippen LogP contribution in [-0.2, 0) is 0 Å². The molecule has 236 valence electrons. The van der Waals surface area contributed by atoms with Crippen molar-refractivity contribution >= 4 is 35.4 Å². The van der Waals surface area contributed by atoms with Crippen molar-refractivity contribution in [2.75, 3.05) is 0 Å². The van der Waals surface area contributed by atoms with Gasteiger partial charge in [-0.05, 0) is 138 Å². The van der Waals surface area contributed by atoms with E-state index < -0.39 is 0 Å². The zero-order valence-electron chi connectivity index (χ0n) is 29.7. The third-order valence-corrected chi connectivity index (χ3v) is 9.73. The number of hydrogen-bond acceptors (Lipinski definition) is 3. The molecule has 4 heteroatoms. The van der Waals surface area contributed by atoms with Gasteiger partial charge in [-0.25, -0.2) is 0 Å².